The van der Waals surface area contributed by atoms with Gasteiger partial charge in [0.05, 0.1) is 12.7 Å². The van der Waals surface area contributed by atoms with E-state index >= 15 is 0 Å². The van der Waals surface area contributed by atoms with Crippen molar-refractivity contribution in [1.82, 2.24) is 10.6 Å². The molecule has 2 aromatic carbocycles. The second-order valence-electron chi connectivity index (χ2n) is 6.62. The van der Waals surface area contributed by atoms with E-state index in [-0.39, 0.29) is 0 Å². The first-order chi connectivity index (χ1) is 11.9. The molecule has 0 saturated heterocycles. The van der Waals surface area contributed by atoms with Gasteiger partial charge in [0.25, 0.3) is 0 Å². The van der Waals surface area contributed by atoms with E-state index in [0.29, 0.717) is 6.10 Å². The minimum atomic E-state index is 0.452. The van der Waals surface area contributed by atoms with Gasteiger partial charge in [0.15, 0.2) is 0 Å². The summed E-state index contributed by atoms with van der Waals surface area (Å²) in [5, 5.41) is 7.02. The predicted octanol–water partition coefficient (Wildman–Crippen LogP) is 3.36. The van der Waals surface area contributed by atoms with Crippen LogP contribution in [0.4, 0.5) is 0 Å². The van der Waals surface area contributed by atoms with Crippen molar-refractivity contribution >= 4 is 0 Å². The van der Waals surface area contributed by atoms with Crippen LogP contribution in [0.1, 0.15) is 24.0 Å². The Bertz CT molecular complexity index is 567. The Morgan fingerprint density at radius 2 is 1.42 bits per heavy atom. The first-order valence-corrected chi connectivity index (χ1v) is 9.01. The van der Waals surface area contributed by atoms with Crippen LogP contribution in [0.5, 0.6) is 0 Å². The third-order valence-electron chi connectivity index (χ3n) is 4.60. The Hall–Kier alpha value is -1.68. The average molecular weight is 324 g/mol. The summed E-state index contributed by atoms with van der Waals surface area (Å²) in [6.07, 6.45) is 2.84. The second-order valence-corrected chi connectivity index (χ2v) is 6.62. The number of hydrogen-bond acceptors (Lipinski definition) is 3. The highest BCUT2D eigenvalue weighted by Gasteiger charge is 2.29. The normalized spacial score (nSPS) is 19.8. The molecule has 0 spiro atoms. The highest BCUT2D eigenvalue weighted by molar-refractivity contribution is 5.14. The molecule has 3 rings (SSSR count). The van der Waals surface area contributed by atoms with Crippen molar-refractivity contribution in [2.24, 2.45) is 5.92 Å². The van der Waals surface area contributed by atoms with Crippen LogP contribution < -0.4 is 10.6 Å². The van der Waals surface area contributed by atoms with Crippen LogP contribution in [0.2, 0.25) is 0 Å². The molecular formula is C21H28N2O. The van der Waals surface area contributed by atoms with Crippen molar-refractivity contribution in [3.8, 4) is 0 Å². The summed E-state index contributed by atoms with van der Waals surface area (Å²) < 4.78 is 5.95. The minimum Gasteiger partial charge on any atom is -0.374 e. The summed E-state index contributed by atoms with van der Waals surface area (Å²) in [6.45, 7) is 4.84. The molecule has 128 valence electrons. The fourth-order valence-electron chi connectivity index (χ4n) is 3.08. The maximum atomic E-state index is 5.95. The first kappa shape index (κ1) is 17.2. The second kappa shape index (κ2) is 9.58. The minimum absolute atomic E-state index is 0.452. The summed E-state index contributed by atoms with van der Waals surface area (Å²) in [5.74, 6) is 0.778. The largest absolute Gasteiger partial charge is 0.374 e. The molecule has 1 aliphatic carbocycles. The topological polar surface area (TPSA) is 33.3 Å². The number of benzene rings is 2. The van der Waals surface area contributed by atoms with Crippen LogP contribution in [-0.4, -0.2) is 25.7 Å². The molecule has 0 bridgehead atoms. The van der Waals surface area contributed by atoms with Crippen LogP contribution in [0, 0.1) is 5.92 Å². The van der Waals surface area contributed by atoms with Gasteiger partial charge in [-0.05, 0) is 36.4 Å². The van der Waals surface area contributed by atoms with Gasteiger partial charge in [-0.15, -0.1) is 0 Å². The number of ether oxygens (including phenoxy) is 1. The van der Waals surface area contributed by atoms with E-state index in [1.54, 1.807) is 0 Å². The lowest BCUT2D eigenvalue weighted by molar-refractivity contribution is -0.0394. The molecule has 0 aliphatic heterocycles. The summed E-state index contributed by atoms with van der Waals surface area (Å²) in [4.78, 5) is 0. The monoisotopic (exact) mass is 324 g/mol. The molecule has 0 aromatic heterocycles. The molecular weight excluding hydrogens is 296 g/mol. The molecule has 2 N–H and O–H groups in total. The zero-order valence-electron chi connectivity index (χ0n) is 14.3. The Labute approximate surface area is 145 Å². The van der Waals surface area contributed by atoms with Crippen molar-refractivity contribution < 1.29 is 4.74 Å². The molecule has 1 saturated carbocycles. The Kier molecular flexibility index (Phi) is 6.84. The first-order valence-electron chi connectivity index (χ1n) is 9.01. The van der Waals surface area contributed by atoms with Gasteiger partial charge in [-0.25, -0.2) is 0 Å². The number of rotatable bonds is 10. The molecule has 0 heterocycles. The fraction of sp³-hybridized carbons (Fsp3) is 0.429. The highest BCUT2D eigenvalue weighted by atomic mass is 16.5. The van der Waals surface area contributed by atoms with E-state index in [1.807, 2.05) is 6.07 Å². The van der Waals surface area contributed by atoms with E-state index in [2.05, 4.69) is 65.2 Å². The highest BCUT2D eigenvalue weighted by Crippen LogP contribution is 2.30. The van der Waals surface area contributed by atoms with Crippen molar-refractivity contribution in [3.05, 3.63) is 71.8 Å². The number of nitrogens with one attached hydrogen (secondary N) is 2. The van der Waals surface area contributed by atoms with E-state index < -0.39 is 0 Å². The lowest BCUT2D eigenvalue weighted by Crippen LogP contribution is -2.39. The van der Waals surface area contributed by atoms with Gasteiger partial charge in [0.2, 0.25) is 0 Å². The molecule has 0 radical (unpaired) electrons. The van der Waals surface area contributed by atoms with Gasteiger partial charge in [0.1, 0.15) is 0 Å². The molecule has 2 aromatic rings. The summed E-state index contributed by atoms with van der Waals surface area (Å²) >= 11 is 0. The maximum absolute atomic E-state index is 5.95. The average Bonchev–Trinajstić information content (AvgIpc) is 2.60. The van der Waals surface area contributed by atoms with Crippen LogP contribution >= 0.6 is 0 Å². The van der Waals surface area contributed by atoms with Crippen LogP contribution in [-0.2, 0) is 17.9 Å². The van der Waals surface area contributed by atoms with Gasteiger partial charge in [-0.2, -0.15) is 0 Å². The van der Waals surface area contributed by atoms with Crippen LogP contribution in [0.3, 0.4) is 0 Å². The lowest BCUT2D eigenvalue weighted by Gasteiger charge is -2.35. The van der Waals surface area contributed by atoms with Gasteiger partial charge < -0.3 is 15.4 Å². The van der Waals surface area contributed by atoms with Crippen molar-refractivity contribution in [2.45, 2.75) is 32.1 Å². The quantitative estimate of drug-likeness (QED) is 0.658. The lowest BCUT2D eigenvalue weighted by atomic mass is 9.82. The molecule has 1 fully saturated rings. The third-order valence-corrected chi connectivity index (χ3v) is 4.60. The molecule has 0 amide bonds. The van der Waals surface area contributed by atoms with E-state index in [4.69, 9.17) is 4.74 Å². The molecule has 24 heavy (non-hydrogen) atoms. The standard InChI is InChI=1S/C21H28N2O/c1-3-7-18(8-4-1)15-22-11-12-23-16-20-13-21(14-20)24-17-19-9-5-2-6-10-19/h1-10,20-23H,11-17H2. The maximum Gasteiger partial charge on any atom is 0.0720 e. The summed E-state index contributed by atoms with van der Waals surface area (Å²) in [5.41, 5.74) is 2.61. The Morgan fingerprint density at radius 3 is 2.12 bits per heavy atom. The molecule has 0 atom stereocenters. The summed E-state index contributed by atoms with van der Waals surface area (Å²) in [6, 6.07) is 21.0. The van der Waals surface area contributed by atoms with E-state index in [9.17, 15) is 0 Å². The molecule has 3 heteroatoms. The number of hydrogen-bond donors (Lipinski definition) is 2. The Balaban J connectivity index is 1.17. The van der Waals surface area contributed by atoms with Crippen molar-refractivity contribution in [3.63, 3.8) is 0 Å². The summed E-state index contributed by atoms with van der Waals surface area (Å²) in [7, 11) is 0. The third kappa shape index (κ3) is 5.75. The Morgan fingerprint density at radius 1 is 0.792 bits per heavy atom. The van der Waals surface area contributed by atoms with Crippen molar-refractivity contribution in [1.29, 1.82) is 0 Å². The molecule has 3 nitrogen and oxygen atoms in total. The van der Waals surface area contributed by atoms with Gasteiger partial charge >= 0.3 is 0 Å². The zero-order chi connectivity index (χ0) is 16.5. The molecule has 1 aliphatic rings. The van der Waals surface area contributed by atoms with Crippen LogP contribution in [0.25, 0.3) is 0 Å². The van der Waals surface area contributed by atoms with E-state index in [0.717, 1.165) is 38.7 Å². The SMILES string of the molecule is c1ccc(CNCCNCC2CC(OCc3ccccc3)C2)cc1. The van der Waals surface area contributed by atoms with Gasteiger partial charge in [0, 0.05) is 19.6 Å². The zero-order valence-corrected chi connectivity index (χ0v) is 14.3. The predicted molar refractivity (Wildman–Crippen MR) is 98.8 cm³/mol. The van der Waals surface area contributed by atoms with Crippen LogP contribution in [0.15, 0.2) is 60.7 Å². The van der Waals surface area contributed by atoms with E-state index in [1.165, 1.54) is 24.0 Å². The van der Waals surface area contributed by atoms with Gasteiger partial charge in [-0.1, -0.05) is 60.7 Å². The fourth-order valence-corrected chi connectivity index (χ4v) is 3.08. The van der Waals surface area contributed by atoms with Crippen molar-refractivity contribution in [2.75, 3.05) is 19.6 Å². The smallest absolute Gasteiger partial charge is 0.0720 e. The molecule has 0 unspecified atom stereocenters. The van der Waals surface area contributed by atoms with Gasteiger partial charge in [-0.3, -0.25) is 0 Å².